The summed E-state index contributed by atoms with van der Waals surface area (Å²) >= 11 is 0. The van der Waals surface area contributed by atoms with E-state index in [4.69, 9.17) is 0 Å². The summed E-state index contributed by atoms with van der Waals surface area (Å²) in [6.07, 6.45) is 4.05. The molecular formula is C25H26N2O. The number of hydrogen-bond donors (Lipinski definition) is 1. The van der Waals surface area contributed by atoms with Crippen LogP contribution in [-0.2, 0) is 17.6 Å². The molecule has 142 valence electrons. The second kappa shape index (κ2) is 7.40. The van der Waals surface area contributed by atoms with E-state index >= 15 is 0 Å². The van der Waals surface area contributed by atoms with Crippen molar-refractivity contribution in [1.82, 2.24) is 4.90 Å². The van der Waals surface area contributed by atoms with Gasteiger partial charge in [-0.3, -0.25) is 4.79 Å². The molecule has 3 nitrogen and oxygen atoms in total. The first kappa shape index (κ1) is 17.4. The number of nitrogens with zero attached hydrogens (tertiary/aromatic N) is 1. The van der Waals surface area contributed by atoms with Crippen molar-refractivity contribution in [3.05, 3.63) is 77.4 Å². The van der Waals surface area contributed by atoms with Crippen LogP contribution in [0.5, 0.6) is 0 Å². The van der Waals surface area contributed by atoms with Crippen molar-refractivity contribution < 1.29 is 4.79 Å². The highest BCUT2D eigenvalue weighted by Crippen LogP contribution is 2.33. The van der Waals surface area contributed by atoms with Gasteiger partial charge in [-0.1, -0.05) is 54.6 Å². The van der Waals surface area contributed by atoms with E-state index in [0.29, 0.717) is 12.3 Å². The predicted molar refractivity (Wildman–Crippen MR) is 115 cm³/mol. The van der Waals surface area contributed by atoms with Gasteiger partial charge in [-0.25, -0.2) is 0 Å². The molecule has 1 fully saturated rings. The van der Waals surface area contributed by atoms with Crippen LogP contribution < -0.4 is 5.32 Å². The fourth-order valence-corrected chi connectivity index (χ4v) is 4.80. The first-order valence-electron chi connectivity index (χ1n) is 10.4. The van der Waals surface area contributed by atoms with Crippen molar-refractivity contribution in [2.45, 2.75) is 31.6 Å². The van der Waals surface area contributed by atoms with Gasteiger partial charge in [0.1, 0.15) is 0 Å². The molecular weight excluding hydrogens is 344 g/mol. The van der Waals surface area contributed by atoms with Crippen LogP contribution in [0, 0.1) is 0 Å². The highest BCUT2D eigenvalue weighted by molar-refractivity contribution is 5.99. The van der Waals surface area contributed by atoms with Crippen LogP contribution in [-0.4, -0.2) is 30.4 Å². The van der Waals surface area contributed by atoms with Crippen LogP contribution in [0.15, 0.2) is 60.7 Å². The molecule has 2 aliphatic rings. The number of carbonyl (C=O) groups is 1. The SMILES string of the molecule is O=C1Cc2cc(CCN3CCC(c4cccc5ccccc45)CC3)ccc2N1. The van der Waals surface area contributed by atoms with Gasteiger partial charge in [0.15, 0.2) is 0 Å². The van der Waals surface area contributed by atoms with Crippen molar-refractivity contribution >= 4 is 22.4 Å². The summed E-state index contributed by atoms with van der Waals surface area (Å²) in [5, 5.41) is 5.69. The van der Waals surface area contributed by atoms with Crippen LogP contribution in [0.4, 0.5) is 5.69 Å². The smallest absolute Gasteiger partial charge is 0.228 e. The predicted octanol–water partition coefficient (Wildman–Crippen LogP) is 4.76. The normalized spacial score (nSPS) is 17.6. The van der Waals surface area contributed by atoms with E-state index in [2.05, 4.69) is 70.9 Å². The lowest BCUT2D eigenvalue weighted by molar-refractivity contribution is -0.115. The summed E-state index contributed by atoms with van der Waals surface area (Å²) in [5.41, 5.74) is 5.00. The Morgan fingerprint density at radius 1 is 0.964 bits per heavy atom. The first-order chi connectivity index (χ1) is 13.8. The van der Waals surface area contributed by atoms with Crippen LogP contribution >= 0.6 is 0 Å². The number of carbonyl (C=O) groups excluding carboxylic acids is 1. The Bertz CT molecular complexity index is 1010. The Morgan fingerprint density at radius 3 is 2.68 bits per heavy atom. The molecule has 28 heavy (non-hydrogen) atoms. The monoisotopic (exact) mass is 370 g/mol. The Labute approximate surface area is 166 Å². The van der Waals surface area contributed by atoms with Crippen LogP contribution in [0.25, 0.3) is 10.8 Å². The van der Waals surface area contributed by atoms with Crippen LogP contribution in [0.1, 0.15) is 35.4 Å². The van der Waals surface area contributed by atoms with Crippen LogP contribution in [0.2, 0.25) is 0 Å². The highest BCUT2D eigenvalue weighted by atomic mass is 16.1. The zero-order valence-corrected chi connectivity index (χ0v) is 16.2. The molecule has 3 aromatic rings. The van der Waals surface area contributed by atoms with Crippen molar-refractivity contribution in [3.63, 3.8) is 0 Å². The minimum absolute atomic E-state index is 0.114. The van der Waals surface area contributed by atoms with E-state index in [-0.39, 0.29) is 5.91 Å². The number of amides is 1. The zero-order chi connectivity index (χ0) is 18.9. The number of fused-ring (bicyclic) bond motifs is 2. The van der Waals surface area contributed by atoms with Crippen molar-refractivity contribution in [3.8, 4) is 0 Å². The molecule has 0 unspecified atom stereocenters. The summed E-state index contributed by atoms with van der Waals surface area (Å²) < 4.78 is 0. The highest BCUT2D eigenvalue weighted by Gasteiger charge is 2.22. The van der Waals surface area contributed by atoms with E-state index in [1.807, 2.05) is 0 Å². The van der Waals surface area contributed by atoms with Crippen molar-refractivity contribution in [2.24, 2.45) is 0 Å². The molecule has 0 atom stereocenters. The van der Waals surface area contributed by atoms with Gasteiger partial charge in [0.05, 0.1) is 6.42 Å². The third-order valence-electron chi connectivity index (χ3n) is 6.36. The molecule has 2 heterocycles. The minimum atomic E-state index is 0.114. The molecule has 3 aromatic carbocycles. The van der Waals surface area contributed by atoms with E-state index in [9.17, 15) is 4.79 Å². The lowest BCUT2D eigenvalue weighted by atomic mass is 9.86. The molecule has 0 saturated carbocycles. The molecule has 2 aliphatic heterocycles. The molecule has 0 aromatic heterocycles. The Hall–Kier alpha value is -2.65. The largest absolute Gasteiger partial charge is 0.326 e. The quantitative estimate of drug-likeness (QED) is 0.718. The Balaban J connectivity index is 1.20. The third kappa shape index (κ3) is 3.43. The second-order valence-electron chi connectivity index (χ2n) is 8.15. The zero-order valence-electron chi connectivity index (χ0n) is 16.2. The van der Waals surface area contributed by atoms with E-state index in [1.54, 1.807) is 0 Å². The van der Waals surface area contributed by atoms with Crippen molar-refractivity contribution in [1.29, 1.82) is 0 Å². The summed E-state index contributed by atoms with van der Waals surface area (Å²) in [4.78, 5) is 14.1. The molecule has 1 saturated heterocycles. The van der Waals surface area contributed by atoms with Gasteiger partial charge < -0.3 is 10.2 Å². The first-order valence-corrected chi connectivity index (χ1v) is 10.4. The fourth-order valence-electron chi connectivity index (χ4n) is 4.80. The lowest BCUT2D eigenvalue weighted by Gasteiger charge is -2.32. The Kier molecular flexibility index (Phi) is 4.61. The van der Waals surface area contributed by atoms with Crippen LogP contribution in [0.3, 0.4) is 0 Å². The van der Waals surface area contributed by atoms with Gasteiger partial charge >= 0.3 is 0 Å². The Morgan fingerprint density at radius 2 is 1.79 bits per heavy atom. The average Bonchev–Trinajstić information content (AvgIpc) is 3.11. The maximum atomic E-state index is 11.5. The topological polar surface area (TPSA) is 32.3 Å². The van der Waals surface area contributed by atoms with Gasteiger partial charge in [-0.2, -0.15) is 0 Å². The molecule has 0 radical (unpaired) electrons. The molecule has 0 bridgehead atoms. The molecule has 0 aliphatic carbocycles. The molecule has 0 spiro atoms. The lowest BCUT2D eigenvalue weighted by Crippen LogP contribution is -2.34. The van der Waals surface area contributed by atoms with Gasteiger partial charge in [-0.15, -0.1) is 0 Å². The van der Waals surface area contributed by atoms with Gasteiger partial charge in [0.25, 0.3) is 0 Å². The fraction of sp³-hybridized carbons (Fsp3) is 0.320. The van der Waals surface area contributed by atoms with Gasteiger partial charge in [0.2, 0.25) is 5.91 Å². The van der Waals surface area contributed by atoms with Gasteiger partial charge in [0, 0.05) is 12.2 Å². The minimum Gasteiger partial charge on any atom is -0.326 e. The number of benzene rings is 3. The second-order valence-corrected chi connectivity index (χ2v) is 8.15. The van der Waals surface area contributed by atoms with E-state index in [1.165, 1.54) is 47.8 Å². The van der Waals surface area contributed by atoms with E-state index < -0.39 is 0 Å². The van der Waals surface area contributed by atoms with E-state index in [0.717, 1.165) is 24.2 Å². The summed E-state index contributed by atoms with van der Waals surface area (Å²) in [7, 11) is 0. The number of anilines is 1. The molecule has 3 heteroatoms. The number of piperidine rings is 1. The number of rotatable bonds is 4. The maximum Gasteiger partial charge on any atom is 0.228 e. The molecule has 5 rings (SSSR count). The number of hydrogen-bond acceptors (Lipinski definition) is 2. The average molecular weight is 370 g/mol. The summed E-state index contributed by atoms with van der Waals surface area (Å²) in [6, 6.07) is 21.9. The van der Waals surface area contributed by atoms with Gasteiger partial charge in [-0.05, 0) is 71.8 Å². The van der Waals surface area contributed by atoms with Crippen molar-refractivity contribution in [2.75, 3.05) is 25.0 Å². The number of likely N-dealkylation sites (tertiary alicyclic amines) is 1. The number of nitrogens with one attached hydrogen (secondary N) is 1. The standard InChI is InChI=1S/C25H26N2O/c28-25-17-21-16-18(8-9-24(21)26-25)10-13-27-14-11-20(12-15-27)23-7-3-5-19-4-1-2-6-22(19)23/h1-9,16,20H,10-15,17H2,(H,26,28). The third-order valence-corrected chi connectivity index (χ3v) is 6.36. The summed E-state index contributed by atoms with van der Waals surface area (Å²) in [6.45, 7) is 3.43. The molecule has 1 N–H and O–H groups in total. The summed E-state index contributed by atoms with van der Waals surface area (Å²) in [5.74, 6) is 0.780. The molecule has 1 amide bonds. The maximum absolute atomic E-state index is 11.5.